The second-order valence-corrected chi connectivity index (χ2v) is 7.85. The van der Waals surface area contributed by atoms with E-state index in [1.807, 2.05) is 43.0 Å². The molecule has 5 nitrogen and oxygen atoms in total. The lowest BCUT2D eigenvalue weighted by Gasteiger charge is -2.37. The molecule has 1 fully saturated rings. The van der Waals surface area contributed by atoms with E-state index in [9.17, 15) is 9.59 Å². The molecule has 2 amide bonds. The summed E-state index contributed by atoms with van der Waals surface area (Å²) in [7, 11) is 0. The number of nitrogens with one attached hydrogen (secondary N) is 1. The van der Waals surface area contributed by atoms with Crippen molar-refractivity contribution in [3.63, 3.8) is 0 Å². The van der Waals surface area contributed by atoms with Gasteiger partial charge in [-0.1, -0.05) is 43.1 Å². The van der Waals surface area contributed by atoms with Crippen LogP contribution in [0.3, 0.4) is 0 Å². The van der Waals surface area contributed by atoms with Gasteiger partial charge in [0.2, 0.25) is 5.91 Å². The Morgan fingerprint density at radius 2 is 1.61 bits per heavy atom. The van der Waals surface area contributed by atoms with Gasteiger partial charge in [0.1, 0.15) is 0 Å². The number of nitrogens with zero attached hydrogens (tertiary/aromatic N) is 2. The summed E-state index contributed by atoms with van der Waals surface area (Å²) >= 11 is 12.1. The van der Waals surface area contributed by atoms with Gasteiger partial charge in [0.05, 0.1) is 15.6 Å². The molecule has 1 saturated heterocycles. The number of hydrogen-bond acceptors (Lipinski definition) is 3. The van der Waals surface area contributed by atoms with Crippen molar-refractivity contribution in [2.75, 3.05) is 36.4 Å². The molecule has 0 bridgehead atoms. The zero-order valence-electron chi connectivity index (χ0n) is 15.9. The Bertz CT molecular complexity index is 860. The maximum Gasteiger partial charge on any atom is 0.257 e. The summed E-state index contributed by atoms with van der Waals surface area (Å²) in [5, 5.41) is 3.43. The number of carbonyl (C=O) groups is 2. The summed E-state index contributed by atoms with van der Waals surface area (Å²) in [5.74, 6) is -0.0686. The van der Waals surface area contributed by atoms with E-state index in [0.29, 0.717) is 16.3 Å². The predicted molar refractivity (Wildman–Crippen MR) is 114 cm³/mol. The predicted octanol–water partition coefficient (Wildman–Crippen LogP) is 4.55. The van der Waals surface area contributed by atoms with Gasteiger partial charge in [0.25, 0.3) is 5.91 Å². The SMILES string of the molecule is CC(C)C(=O)N1CCN(c2ccc(NC(=O)c3cccc(Cl)c3Cl)cc2)CC1. The van der Waals surface area contributed by atoms with Gasteiger partial charge in [0, 0.05) is 43.5 Å². The van der Waals surface area contributed by atoms with E-state index in [4.69, 9.17) is 23.2 Å². The van der Waals surface area contributed by atoms with E-state index < -0.39 is 0 Å². The average molecular weight is 420 g/mol. The van der Waals surface area contributed by atoms with Crippen LogP contribution in [-0.2, 0) is 4.79 Å². The Labute approximate surface area is 175 Å². The van der Waals surface area contributed by atoms with E-state index >= 15 is 0 Å². The van der Waals surface area contributed by atoms with Crippen molar-refractivity contribution in [2.45, 2.75) is 13.8 Å². The molecule has 0 radical (unpaired) electrons. The van der Waals surface area contributed by atoms with Gasteiger partial charge in [-0.25, -0.2) is 0 Å². The first kappa shape index (κ1) is 20.5. The monoisotopic (exact) mass is 419 g/mol. The van der Waals surface area contributed by atoms with Gasteiger partial charge in [-0.05, 0) is 36.4 Å². The molecule has 2 aromatic rings. The van der Waals surface area contributed by atoms with Crippen molar-refractivity contribution in [3.05, 3.63) is 58.1 Å². The first-order valence-electron chi connectivity index (χ1n) is 9.26. The first-order valence-corrected chi connectivity index (χ1v) is 10.0. The van der Waals surface area contributed by atoms with Crippen LogP contribution in [0.25, 0.3) is 0 Å². The van der Waals surface area contributed by atoms with Crippen molar-refractivity contribution < 1.29 is 9.59 Å². The number of carbonyl (C=O) groups excluding carboxylic acids is 2. The van der Waals surface area contributed by atoms with E-state index in [1.54, 1.807) is 18.2 Å². The highest BCUT2D eigenvalue weighted by atomic mass is 35.5. The van der Waals surface area contributed by atoms with Crippen LogP contribution < -0.4 is 10.2 Å². The molecule has 0 saturated carbocycles. The third kappa shape index (κ3) is 4.59. The molecule has 0 spiro atoms. The molecule has 28 heavy (non-hydrogen) atoms. The maximum atomic E-state index is 12.4. The van der Waals surface area contributed by atoms with E-state index in [0.717, 1.165) is 31.9 Å². The maximum absolute atomic E-state index is 12.4. The number of rotatable bonds is 4. The highest BCUT2D eigenvalue weighted by Crippen LogP contribution is 2.27. The summed E-state index contributed by atoms with van der Waals surface area (Å²) in [6.45, 7) is 6.90. The van der Waals surface area contributed by atoms with Crippen molar-refractivity contribution in [2.24, 2.45) is 5.92 Å². The lowest BCUT2D eigenvalue weighted by atomic mass is 10.1. The Balaban J connectivity index is 1.61. The molecule has 3 rings (SSSR count). The van der Waals surface area contributed by atoms with E-state index in [2.05, 4.69) is 10.2 Å². The van der Waals surface area contributed by atoms with Crippen LogP contribution in [0.2, 0.25) is 10.0 Å². The second-order valence-electron chi connectivity index (χ2n) is 7.07. The van der Waals surface area contributed by atoms with Crippen LogP contribution in [0.4, 0.5) is 11.4 Å². The number of anilines is 2. The summed E-state index contributed by atoms with van der Waals surface area (Å²) in [4.78, 5) is 28.7. The zero-order valence-corrected chi connectivity index (χ0v) is 17.4. The molecule has 0 aliphatic carbocycles. The molecular formula is C21H23Cl2N3O2. The second kappa shape index (κ2) is 8.84. The number of benzene rings is 2. The van der Waals surface area contributed by atoms with E-state index in [1.165, 1.54) is 0 Å². The minimum atomic E-state index is -0.305. The fraction of sp³-hybridized carbons (Fsp3) is 0.333. The standard InChI is InChI=1S/C21H23Cl2N3O2/c1-14(2)21(28)26-12-10-25(11-13-26)16-8-6-15(7-9-16)24-20(27)17-4-3-5-18(22)19(17)23/h3-9,14H,10-13H2,1-2H3,(H,24,27). The van der Waals surface area contributed by atoms with Gasteiger partial charge >= 0.3 is 0 Å². The number of amides is 2. The van der Waals surface area contributed by atoms with Crippen LogP contribution in [-0.4, -0.2) is 42.9 Å². The fourth-order valence-electron chi connectivity index (χ4n) is 3.18. The Hall–Kier alpha value is -2.24. The van der Waals surface area contributed by atoms with Crippen LogP contribution in [0.5, 0.6) is 0 Å². The molecule has 1 aliphatic heterocycles. The lowest BCUT2D eigenvalue weighted by Crippen LogP contribution is -2.49. The fourth-order valence-corrected chi connectivity index (χ4v) is 3.57. The molecule has 1 N–H and O–H groups in total. The van der Waals surface area contributed by atoms with Gasteiger partial charge in [-0.15, -0.1) is 0 Å². The summed E-state index contributed by atoms with van der Waals surface area (Å²) in [6, 6.07) is 12.6. The van der Waals surface area contributed by atoms with Crippen LogP contribution in [0.1, 0.15) is 24.2 Å². The number of hydrogen-bond donors (Lipinski definition) is 1. The van der Waals surface area contributed by atoms with Crippen LogP contribution in [0.15, 0.2) is 42.5 Å². The molecule has 0 atom stereocenters. The molecule has 0 aromatic heterocycles. The number of piperazine rings is 1. The minimum absolute atomic E-state index is 0.0300. The molecule has 2 aromatic carbocycles. The smallest absolute Gasteiger partial charge is 0.257 e. The highest BCUT2D eigenvalue weighted by Gasteiger charge is 2.23. The summed E-state index contributed by atoms with van der Waals surface area (Å²) in [5.41, 5.74) is 2.08. The molecule has 1 aliphatic rings. The molecular weight excluding hydrogens is 397 g/mol. The minimum Gasteiger partial charge on any atom is -0.368 e. The van der Waals surface area contributed by atoms with Crippen molar-refractivity contribution in [1.82, 2.24) is 4.90 Å². The zero-order chi connectivity index (χ0) is 20.3. The average Bonchev–Trinajstić information content (AvgIpc) is 2.70. The van der Waals surface area contributed by atoms with E-state index in [-0.39, 0.29) is 22.8 Å². The first-order chi connectivity index (χ1) is 13.4. The summed E-state index contributed by atoms with van der Waals surface area (Å²) < 4.78 is 0. The van der Waals surface area contributed by atoms with Gasteiger partial charge in [0.15, 0.2) is 0 Å². The van der Waals surface area contributed by atoms with Gasteiger partial charge < -0.3 is 15.1 Å². The molecule has 1 heterocycles. The van der Waals surface area contributed by atoms with Crippen molar-refractivity contribution in [3.8, 4) is 0 Å². The Kier molecular flexibility index (Phi) is 6.47. The van der Waals surface area contributed by atoms with Gasteiger partial charge in [-0.3, -0.25) is 9.59 Å². The normalized spacial score (nSPS) is 14.3. The molecule has 7 heteroatoms. The third-order valence-corrected chi connectivity index (χ3v) is 5.59. The topological polar surface area (TPSA) is 52.7 Å². The lowest BCUT2D eigenvalue weighted by molar-refractivity contribution is -0.134. The van der Waals surface area contributed by atoms with Crippen LogP contribution in [0, 0.1) is 5.92 Å². The van der Waals surface area contributed by atoms with Crippen LogP contribution >= 0.6 is 23.2 Å². The number of halogens is 2. The Morgan fingerprint density at radius 3 is 2.21 bits per heavy atom. The van der Waals surface area contributed by atoms with Crippen molar-refractivity contribution in [1.29, 1.82) is 0 Å². The third-order valence-electron chi connectivity index (χ3n) is 4.77. The van der Waals surface area contributed by atoms with Gasteiger partial charge in [-0.2, -0.15) is 0 Å². The molecule has 148 valence electrons. The summed E-state index contributed by atoms with van der Waals surface area (Å²) in [6.07, 6.45) is 0. The van der Waals surface area contributed by atoms with Crippen molar-refractivity contribution >= 4 is 46.4 Å². The largest absolute Gasteiger partial charge is 0.368 e. The quantitative estimate of drug-likeness (QED) is 0.790. The Morgan fingerprint density at radius 1 is 0.964 bits per heavy atom. The highest BCUT2D eigenvalue weighted by molar-refractivity contribution is 6.44. The molecule has 0 unspecified atom stereocenters.